The first-order valence-corrected chi connectivity index (χ1v) is 6.47. The molecule has 0 saturated heterocycles. The zero-order valence-electron chi connectivity index (χ0n) is 11.9. The van der Waals surface area contributed by atoms with Crippen LogP contribution >= 0.6 is 0 Å². The van der Waals surface area contributed by atoms with Crippen LogP contribution in [0.5, 0.6) is 11.5 Å². The highest BCUT2D eigenvalue weighted by Gasteiger charge is 2.15. The molecule has 20 heavy (non-hydrogen) atoms. The lowest BCUT2D eigenvalue weighted by Crippen LogP contribution is -2.14. The van der Waals surface area contributed by atoms with Crippen molar-refractivity contribution in [3.8, 4) is 11.5 Å². The maximum atomic E-state index is 6.29. The van der Waals surface area contributed by atoms with Gasteiger partial charge in [-0.15, -0.1) is 0 Å². The fourth-order valence-corrected chi connectivity index (χ4v) is 1.94. The summed E-state index contributed by atoms with van der Waals surface area (Å²) >= 11 is 0. The molecule has 0 aliphatic rings. The molecule has 2 rings (SSSR count). The van der Waals surface area contributed by atoms with E-state index < -0.39 is 0 Å². The minimum atomic E-state index is -0.337. The Morgan fingerprint density at radius 3 is 2.65 bits per heavy atom. The van der Waals surface area contributed by atoms with Crippen LogP contribution in [0.4, 0.5) is 0 Å². The lowest BCUT2D eigenvalue weighted by atomic mass is 10.0. The summed E-state index contributed by atoms with van der Waals surface area (Å²) in [6, 6.07) is 3.41. The van der Waals surface area contributed by atoms with E-state index in [2.05, 4.69) is 9.97 Å². The van der Waals surface area contributed by atoms with E-state index in [-0.39, 0.29) is 12.1 Å². The first kappa shape index (κ1) is 14.3. The van der Waals surface area contributed by atoms with E-state index in [1.807, 2.05) is 26.0 Å². The van der Waals surface area contributed by atoms with Gasteiger partial charge < -0.3 is 15.2 Å². The van der Waals surface area contributed by atoms with Crippen LogP contribution in [0.3, 0.4) is 0 Å². The number of aromatic nitrogens is 2. The quantitative estimate of drug-likeness (QED) is 0.905. The smallest absolute Gasteiger partial charge is 0.142 e. The van der Waals surface area contributed by atoms with Gasteiger partial charge in [-0.2, -0.15) is 0 Å². The molecule has 0 saturated carbocycles. The molecule has 0 aliphatic carbocycles. The number of rotatable bonds is 5. The van der Waals surface area contributed by atoms with Gasteiger partial charge in [-0.25, -0.2) is 0 Å². The lowest BCUT2D eigenvalue weighted by Gasteiger charge is -2.16. The highest BCUT2D eigenvalue weighted by molar-refractivity contribution is 5.40. The van der Waals surface area contributed by atoms with Crippen molar-refractivity contribution in [3.63, 3.8) is 0 Å². The molecule has 0 bridgehead atoms. The van der Waals surface area contributed by atoms with Crippen molar-refractivity contribution in [2.24, 2.45) is 5.73 Å². The Morgan fingerprint density at radius 1 is 1.15 bits per heavy atom. The van der Waals surface area contributed by atoms with Crippen molar-refractivity contribution in [2.75, 3.05) is 7.11 Å². The van der Waals surface area contributed by atoms with Gasteiger partial charge in [0.25, 0.3) is 0 Å². The van der Waals surface area contributed by atoms with Crippen LogP contribution in [0.25, 0.3) is 0 Å². The van der Waals surface area contributed by atoms with Crippen LogP contribution in [-0.4, -0.2) is 23.2 Å². The Balaban J connectivity index is 2.30. The van der Waals surface area contributed by atoms with Crippen LogP contribution in [0.1, 0.15) is 31.0 Å². The molecule has 0 fully saturated rings. The first-order valence-electron chi connectivity index (χ1n) is 6.47. The Labute approximate surface area is 118 Å². The van der Waals surface area contributed by atoms with Gasteiger partial charge in [-0.1, -0.05) is 0 Å². The minimum absolute atomic E-state index is 0.0961. The monoisotopic (exact) mass is 273 g/mol. The molecule has 5 nitrogen and oxygen atoms in total. The Bertz CT molecular complexity index is 573. The number of ether oxygens (including phenoxy) is 2. The third kappa shape index (κ3) is 3.24. The number of nitrogens with zero attached hydrogens (tertiary/aromatic N) is 2. The molecule has 106 valence electrons. The average Bonchev–Trinajstić information content (AvgIpc) is 2.46. The van der Waals surface area contributed by atoms with Gasteiger partial charge in [-0.05, 0) is 31.5 Å². The number of hydrogen-bond donors (Lipinski definition) is 1. The largest absolute Gasteiger partial charge is 0.495 e. The fourth-order valence-electron chi connectivity index (χ4n) is 1.94. The van der Waals surface area contributed by atoms with E-state index in [0.29, 0.717) is 11.5 Å². The van der Waals surface area contributed by atoms with E-state index in [4.69, 9.17) is 15.2 Å². The predicted molar refractivity (Wildman–Crippen MR) is 76.8 cm³/mol. The highest BCUT2D eigenvalue weighted by Crippen LogP contribution is 2.28. The van der Waals surface area contributed by atoms with E-state index in [1.165, 1.54) is 0 Å². The van der Waals surface area contributed by atoms with Crippen molar-refractivity contribution in [3.05, 3.63) is 48.0 Å². The van der Waals surface area contributed by atoms with Crippen molar-refractivity contribution >= 4 is 0 Å². The van der Waals surface area contributed by atoms with Crippen LogP contribution in [0.2, 0.25) is 0 Å². The second-order valence-electron chi connectivity index (χ2n) is 4.72. The number of methoxy groups -OCH3 is 1. The molecule has 2 heterocycles. The van der Waals surface area contributed by atoms with Gasteiger partial charge in [0.2, 0.25) is 0 Å². The second-order valence-corrected chi connectivity index (χ2v) is 4.72. The maximum Gasteiger partial charge on any atom is 0.142 e. The molecule has 0 spiro atoms. The van der Waals surface area contributed by atoms with E-state index >= 15 is 0 Å². The summed E-state index contributed by atoms with van der Waals surface area (Å²) in [6.45, 7) is 3.94. The normalized spacial score (nSPS) is 12.2. The van der Waals surface area contributed by atoms with E-state index in [1.54, 1.807) is 31.9 Å². The van der Waals surface area contributed by atoms with Crippen molar-refractivity contribution < 1.29 is 9.47 Å². The van der Waals surface area contributed by atoms with Gasteiger partial charge in [0.15, 0.2) is 0 Å². The summed E-state index contributed by atoms with van der Waals surface area (Å²) < 4.78 is 10.9. The summed E-state index contributed by atoms with van der Waals surface area (Å²) in [4.78, 5) is 8.21. The van der Waals surface area contributed by atoms with Gasteiger partial charge in [-0.3, -0.25) is 9.97 Å². The van der Waals surface area contributed by atoms with E-state index in [9.17, 15) is 0 Å². The average molecular weight is 273 g/mol. The third-order valence-electron chi connectivity index (χ3n) is 2.84. The third-order valence-corrected chi connectivity index (χ3v) is 2.84. The highest BCUT2D eigenvalue weighted by atomic mass is 16.5. The second kappa shape index (κ2) is 6.34. The van der Waals surface area contributed by atoms with Crippen LogP contribution in [0.15, 0.2) is 36.9 Å². The van der Waals surface area contributed by atoms with Gasteiger partial charge >= 0.3 is 0 Å². The summed E-state index contributed by atoms with van der Waals surface area (Å²) in [7, 11) is 1.60. The Morgan fingerprint density at radius 2 is 1.95 bits per heavy atom. The SMILES string of the molecule is COc1cnccc1C(N)c1cncc(OC(C)C)c1. The molecule has 1 atom stereocenters. The molecule has 0 aliphatic heterocycles. The number of hydrogen-bond acceptors (Lipinski definition) is 5. The van der Waals surface area contributed by atoms with Gasteiger partial charge in [0.1, 0.15) is 11.5 Å². The Kier molecular flexibility index (Phi) is 4.53. The maximum absolute atomic E-state index is 6.29. The summed E-state index contributed by atoms with van der Waals surface area (Å²) in [5.74, 6) is 1.37. The molecule has 5 heteroatoms. The number of nitrogens with two attached hydrogens (primary N) is 1. The lowest BCUT2D eigenvalue weighted by molar-refractivity contribution is 0.241. The summed E-state index contributed by atoms with van der Waals surface area (Å²) in [5.41, 5.74) is 8.02. The summed E-state index contributed by atoms with van der Waals surface area (Å²) in [6.07, 6.45) is 6.85. The zero-order chi connectivity index (χ0) is 14.5. The van der Waals surface area contributed by atoms with E-state index in [0.717, 1.165) is 11.1 Å². The van der Waals surface area contributed by atoms with Crippen LogP contribution in [0, 0.1) is 0 Å². The standard InChI is InChI=1S/C15H19N3O2/c1-10(2)20-12-6-11(7-18-8-12)15(16)13-4-5-17-9-14(13)19-3/h4-10,15H,16H2,1-3H3. The molecule has 2 aromatic heterocycles. The predicted octanol–water partition coefficient (Wildman–Crippen LogP) is 2.32. The Hall–Kier alpha value is -2.14. The molecule has 0 amide bonds. The van der Waals surface area contributed by atoms with Crippen LogP contribution < -0.4 is 15.2 Å². The number of pyridine rings is 2. The van der Waals surface area contributed by atoms with Gasteiger partial charge in [0, 0.05) is 18.0 Å². The molecule has 1 unspecified atom stereocenters. The van der Waals surface area contributed by atoms with Crippen molar-refractivity contribution in [1.82, 2.24) is 9.97 Å². The first-order chi connectivity index (χ1) is 9.61. The topological polar surface area (TPSA) is 70.3 Å². The van der Waals surface area contributed by atoms with Crippen LogP contribution in [-0.2, 0) is 0 Å². The molecular weight excluding hydrogens is 254 g/mol. The molecule has 0 aromatic carbocycles. The minimum Gasteiger partial charge on any atom is -0.495 e. The zero-order valence-corrected chi connectivity index (χ0v) is 11.9. The molecular formula is C15H19N3O2. The fraction of sp³-hybridized carbons (Fsp3) is 0.333. The van der Waals surface area contributed by atoms with Gasteiger partial charge in [0.05, 0.1) is 31.6 Å². The molecule has 2 N–H and O–H groups in total. The van der Waals surface area contributed by atoms with Crippen molar-refractivity contribution in [2.45, 2.75) is 26.0 Å². The van der Waals surface area contributed by atoms with Crippen molar-refractivity contribution in [1.29, 1.82) is 0 Å². The summed E-state index contributed by atoms with van der Waals surface area (Å²) in [5, 5.41) is 0. The molecule has 2 aromatic rings. The molecule has 0 radical (unpaired) electrons.